The van der Waals surface area contributed by atoms with E-state index in [4.69, 9.17) is 4.98 Å². The van der Waals surface area contributed by atoms with Crippen molar-refractivity contribution in [2.24, 2.45) is 0 Å². The highest BCUT2D eigenvalue weighted by Crippen LogP contribution is 2.33. The van der Waals surface area contributed by atoms with E-state index in [1.807, 2.05) is 25.1 Å². The zero-order chi connectivity index (χ0) is 16.8. The molecule has 1 atom stereocenters. The van der Waals surface area contributed by atoms with Crippen molar-refractivity contribution in [2.75, 3.05) is 18.0 Å². The van der Waals surface area contributed by atoms with Gasteiger partial charge in [0.2, 0.25) is 0 Å². The molecule has 0 aromatic carbocycles. The number of nitrogens with zero attached hydrogens (tertiary/aromatic N) is 6. The van der Waals surface area contributed by atoms with E-state index >= 15 is 0 Å². The lowest BCUT2D eigenvalue weighted by molar-refractivity contribution is 0.486. The number of hydrogen-bond donors (Lipinski definition) is 0. The molecule has 1 saturated heterocycles. The molecular weight excluding hydrogens is 332 g/mol. The lowest BCUT2D eigenvalue weighted by Crippen LogP contribution is -2.35. The van der Waals surface area contributed by atoms with Crippen LogP contribution in [0.2, 0.25) is 0 Å². The molecule has 1 aliphatic heterocycles. The first-order valence-electron chi connectivity index (χ1n) is 8.56. The molecule has 0 amide bonds. The van der Waals surface area contributed by atoms with Gasteiger partial charge in [-0.15, -0.1) is 21.5 Å². The van der Waals surface area contributed by atoms with Crippen LogP contribution in [0, 0.1) is 6.92 Å². The predicted octanol–water partition coefficient (Wildman–Crippen LogP) is 3.43. The van der Waals surface area contributed by atoms with E-state index in [0.29, 0.717) is 5.92 Å². The van der Waals surface area contributed by atoms with Crippen LogP contribution in [0.3, 0.4) is 0 Å². The molecule has 4 aromatic heterocycles. The van der Waals surface area contributed by atoms with Gasteiger partial charge in [-0.2, -0.15) is 0 Å². The number of pyridine rings is 1. The average molecular weight is 350 g/mol. The SMILES string of the molecule is Cc1nc(N2CCCC(c3nnc4ccccn34)C2)c2ccsc2n1. The van der Waals surface area contributed by atoms with Gasteiger partial charge in [0.25, 0.3) is 0 Å². The molecule has 1 aliphatic rings. The fraction of sp³-hybridized carbons (Fsp3) is 0.333. The molecule has 6 nitrogen and oxygen atoms in total. The monoisotopic (exact) mass is 350 g/mol. The van der Waals surface area contributed by atoms with Crippen LogP contribution in [-0.4, -0.2) is 37.7 Å². The van der Waals surface area contributed by atoms with Crippen molar-refractivity contribution in [1.82, 2.24) is 24.6 Å². The van der Waals surface area contributed by atoms with Crippen molar-refractivity contribution in [3.05, 3.63) is 47.5 Å². The van der Waals surface area contributed by atoms with Gasteiger partial charge in [0.15, 0.2) is 5.65 Å². The van der Waals surface area contributed by atoms with Crippen LogP contribution >= 0.6 is 11.3 Å². The summed E-state index contributed by atoms with van der Waals surface area (Å²) < 4.78 is 2.11. The fourth-order valence-corrected chi connectivity index (χ4v) is 4.51. The van der Waals surface area contributed by atoms with E-state index in [1.54, 1.807) is 11.3 Å². The van der Waals surface area contributed by atoms with Crippen molar-refractivity contribution in [2.45, 2.75) is 25.7 Å². The molecule has 5 rings (SSSR count). The first-order valence-corrected chi connectivity index (χ1v) is 9.44. The van der Waals surface area contributed by atoms with Crippen molar-refractivity contribution in [3.63, 3.8) is 0 Å². The largest absolute Gasteiger partial charge is 0.355 e. The third-order valence-electron chi connectivity index (χ3n) is 4.84. The summed E-state index contributed by atoms with van der Waals surface area (Å²) in [6, 6.07) is 8.16. The van der Waals surface area contributed by atoms with E-state index in [9.17, 15) is 0 Å². The zero-order valence-electron chi connectivity index (χ0n) is 14.0. The van der Waals surface area contributed by atoms with Gasteiger partial charge in [-0.1, -0.05) is 6.07 Å². The van der Waals surface area contributed by atoms with Gasteiger partial charge >= 0.3 is 0 Å². The normalized spacial score (nSPS) is 18.3. The van der Waals surface area contributed by atoms with Crippen LogP contribution < -0.4 is 4.90 Å². The quantitative estimate of drug-likeness (QED) is 0.554. The van der Waals surface area contributed by atoms with Crippen LogP contribution in [0.1, 0.15) is 30.4 Å². The molecule has 25 heavy (non-hydrogen) atoms. The Morgan fingerprint density at radius 1 is 1.16 bits per heavy atom. The minimum absolute atomic E-state index is 0.357. The van der Waals surface area contributed by atoms with E-state index in [-0.39, 0.29) is 0 Å². The summed E-state index contributed by atoms with van der Waals surface area (Å²) in [5, 5.41) is 12.0. The lowest BCUT2D eigenvalue weighted by Gasteiger charge is -2.33. The summed E-state index contributed by atoms with van der Waals surface area (Å²) in [7, 11) is 0. The van der Waals surface area contributed by atoms with Gasteiger partial charge < -0.3 is 4.90 Å². The molecule has 1 fully saturated rings. The van der Waals surface area contributed by atoms with Crippen LogP contribution in [-0.2, 0) is 0 Å². The van der Waals surface area contributed by atoms with Crippen LogP contribution in [0.25, 0.3) is 15.9 Å². The number of fused-ring (bicyclic) bond motifs is 2. The Bertz CT molecular complexity index is 1050. The lowest BCUT2D eigenvalue weighted by atomic mass is 9.97. The average Bonchev–Trinajstić information content (AvgIpc) is 3.27. The summed E-state index contributed by atoms with van der Waals surface area (Å²) in [6.07, 6.45) is 4.31. The molecule has 0 saturated carbocycles. The Hall–Kier alpha value is -2.54. The van der Waals surface area contributed by atoms with Gasteiger partial charge in [-0.05, 0) is 43.3 Å². The minimum Gasteiger partial charge on any atom is -0.355 e. The molecule has 4 aromatic rings. The number of aryl methyl sites for hydroxylation is 1. The number of hydrogen-bond acceptors (Lipinski definition) is 6. The fourth-order valence-electron chi connectivity index (χ4n) is 3.70. The van der Waals surface area contributed by atoms with Crippen LogP contribution in [0.4, 0.5) is 5.82 Å². The van der Waals surface area contributed by atoms with Crippen molar-refractivity contribution in [1.29, 1.82) is 0 Å². The smallest absolute Gasteiger partial charge is 0.160 e. The molecule has 0 radical (unpaired) electrons. The molecule has 7 heteroatoms. The molecule has 0 aliphatic carbocycles. The van der Waals surface area contributed by atoms with Gasteiger partial charge in [0.05, 0.1) is 5.39 Å². The highest BCUT2D eigenvalue weighted by molar-refractivity contribution is 7.16. The Labute approximate surface area is 149 Å². The first-order chi connectivity index (χ1) is 12.3. The maximum Gasteiger partial charge on any atom is 0.160 e. The van der Waals surface area contributed by atoms with Gasteiger partial charge in [0.1, 0.15) is 22.3 Å². The Kier molecular flexibility index (Phi) is 3.41. The van der Waals surface area contributed by atoms with Gasteiger partial charge in [0, 0.05) is 25.2 Å². The maximum atomic E-state index is 4.75. The molecule has 1 unspecified atom stereocenters. The summed E-state index contributed by atoms with van der Waals surface area (Å²) in [5.74, 6) is 3.30. The predicted molar refractivity (Wildman–Crippen MR) is 99.3 cm³/mol. The molecular formula is C18H18N6S. The maximum absolute atomic E-state index is 4.75. The van der Waals surface area contributed by atoms with Gasteiger partial charge in [-0.25, -0.2) is 9.97 Å². The molecule has 0 spiro atoms. The Morgan fingerprint density at radius 2 is 2.12 bits per heavy atom. The van der Waals surface area contributed by atoms with Crippen molar-refractivity contribution >= 4 is 33.0 Å². The number of thiophene rings is 1. The summed E-state index contributed by atoms with van der Waals surface area (Å²) in [4.78, 5) is 12.8. The highest BCUT2D eigenvalue weighted by Gasteiger charge is 2.27. The molecule has 0 bridgehead atoms. The number of piperidine rings is 1. The number of rotatable bonds is 2. The highest BCUT2D eigenvalue weighted by atomic mass is 32.1. The Morgan fingerprint density at radius 3 is 3.08 bits per heavy atom. The standard InChI is InChI=1S/C18H18N6S/c1-12-19-17(14-7-10-25-18(14)20-12)23-8-4-5-13(11-23)16-22-21-15-6-2-3-9-24(15)16/h2-3,6-7,9-10,13H,4-5,8,11H2,1H3. The van der Waals surface area contributed by atoms with E-state index in [1.165, 1.54) is 0 Å². The van der Waals surface area contributed by atoms with Gasteiger partial charge in [-0.3, -0.25) is 4.40 Å². The minimum atomic E-state index is 0.357. The number of anilines is 1. The first kappa shape index (κ1) is 14.8. The number of aromatic nitrogens is 5. The van der Waals surface area contributed by atoms with Crippen molar-refractivity contribution in [3.8, 4) is 0 Å². The van der Waals surface area contributed by atoms with E-state index in [0.717, 1.165) is 59.3 Å². The molecule has 126 valence electrons. The zero-order valence-corrected chi connectivity index (χ0v) is 14.8. The molecule has 5 heterocycles. The third-order valence-corrected chi connectivity index (χ3v) is 5.65. The summed E-state index contributed by atoms with van der Waals surface area (Å²) in [5.41, 5.74) is 0.910. The van der Waals surface area contributed by atoms with E-state index in [2.05, 4.69) is 42.1 Å². The Balaban J connectivity index is 1.53. The molecule has 0 N–H and O–H groups in total. The van der Waals surface area contributed by atoms with E-state index < -0.39 is 0 Å². The summed E-state index contributed by atoms with van der Waals surface area (Å²) >= 11 is 1.68. The topological polar surface area (TPSA) is 59.2 Å². The van der Waals surface area contributed by atoms with Crippen LogP contribution in [0.5, 0.6) is 0 Å². The second-order valence-electron chi connectivity index (χ2n) is 6.51. The third kappa shape index (κ3) is 2.46. The second kappa shape index (κ2) is 5.77. The van der Waals surface area contributed by atoms with Crippen molar-refractivity contribution < 1.29 is 0 Å². The second-order valence-corrected chi connectivity index (χ2v) is 7.40. The summed E-state index contributed by atoms with van der Waals surface area (Å²) in [6.45, 7) is 3.90. The van der Waals surface area contributed by atoms with Crippen LogP contribution in [0.15, 0.2) is 35.8 Å².